The molecule has 2 heterocycles. The molecule has 0 amide bonds. The van der Waals surface area contributed by atoms with E-state index in [4.69, 9.17) is 4.42 Å². The minimum absolute atomic E-state index is 0.0408. The molecule has 1 unspecified atom stereocenters. The summed E-state index contributed by atoms with van der Waals surface area (Å²) in [5.41, 5.74) is 6.25. The molecule has 4 nitrogen and oxygen atoms in total. The number of ketones is 1. The van der Waals surface area contributed by atoms with Gasteiger partial charge in [-0.2, -0.15) is 0 Å². The number of fused-ring (bicyclic) bond motifs is 1. The maximum Gasteiger partial charge on any atom is 0.163 e. The van der Waals surface area contributed by atoms with Gasteiger partial charge in [-0.3, -0.25) is 4.79 Å². The third kappa shape index (κ3) is 2.76. The first kappa shape index (κ1) is 16.0. The molecule has 1 aromatic heterocycles. The molecule has 1 atom stereocenters. The van der Waals surface area contributed by atoms with Gasteiger partial charge >= 0.3 is 0 Å². The van der Waals surface area contributed by atoms with Gasteiger partial charge in [0.25, 0.3) is 0 Å². The number of nitrogens with one attached hydrogen (secondary N) is 2. The number of furan rings is 1. The third-order valence-electron chi connectivity index (χ3n) is 5.26. The van der Waals surface area contributed by atoms with Gasteiger partial charge in [0.05, 0.1) is 17.6 Å². The van der Waals surface area contributed by atoms with Crippen LogP contribution in [-0.4, -0.2) is 5.78 Å². The van der Waals surface area contributed by atoms with Gasteiger partial charge in [-0.05, 0) is 61.1 Å². The van der Waals surface area contributed by atoms with E-state index < -0.39 is 0 Å². The van der Waals surface area contributed by atoms with Crippen LogP contribution in [0.1, 0.15) is 49.6 Å². The smallest absolute Gasteiger partial charge is 0.163 e. The molecule has 25 heavy (non-hydrogen) atoms. The van der Waals surface area contributed by atoms with Crippen molar-refractivity contribution in [3.8, 4) is 0 Å². The Morgan fingerprint density at radius 1 is 1.12 bits per heavy atom. The zero-order valence-corrected chi connectivity index (χ0v) is 15.2. The van der Waals surface area contributed by atoms with Crippen LogP contribution >= 0.6 is 0 Å². The Labute approximate surface area is 148 Å². The molecule has 0 fully saturated rings. The van der Waals surface area contributed by atoms with Gasteiger partial charge in [0, 0.05) is 17.7 Å². The third-order valence-corrected chi connectivity index (χ3v) is 5.26. The fourth-order valence-corrected chi connectivity index (χ4v) is 3.88. The van der Waals surface area contributed by atoms with Crippen molar-refractivity contribution in [1.29, 1.82) is 0 Å². The molecule has 2 N–H and O–H groups in total. The van der Waals surface area contributed by atoms with Gasteiger partial charge in [0.2, 0.25) is 0 Å². The highest BCUT2D eigenvalue weighted by atomic mass is 16.3. The van der Waals surface area contributed by atoms with E-state index in [0.29, 0.717) is 6.42 Å². The predicted octanol–water partition coefficient (Wildman–Crippen LogP) is 5.12. The molecular weight excluding hydrogens is 312 g/mol. The van der Waals surface area contributed by atoms with Gasteiger partial charge in [0.15, 0.2) is 5.78 Å². The number of aryl methyl sites for hydroxylation is 2. The molecule has 1 aromatic carbocycles. The summed E-state index contributed by atoms with van der Waals surface area (Å²) in [6.07, 6.45) is 3.06. The summed E-state index contributed by atoms with van der Waals surface area (Å²) < 4.78 is 5.67. The molecule has 2 aliphatic rings. The first-order valence-corrected chi connectivity index (χ1v) is 8.78. The Bertz CT molecular complexity index is 876. The second kappa shape index (κ2) is 5.51. The largest absolute Gasteiger partial charge is 0.467 e. The minimum atomic E-state index is -0.260. The molecule has 1 aliphatic heterocycles. The number of hydrogen-bond acceptors (Lipinski definition) is 4. The SMILES string of the molecule is Cc1cc2c(cc1C)NC(c1ccco1)C1=C(CC(C)(C)CC1=O)N2. The molecule has 0 saturated heterocycles. The van der Waals surface area contributed by atoms with E-state index >= 15 is 0 Å². The van der Waals surface area contributed by atoms with Crippen LogP contribution in [0.4, 0.5) is 11.4 Å². The number of carbonyl (C=O) groups excluding carboxylic acids is 1. The molecule has 1 aliphatic carbocycles. The fraction of sp³-hybridized carbons (Fsp3) is 0.381. The molecule has 0 radical (unpaired) electrons. The van der Waals surface area contributed by atoms with E-state index in [1.54, 1.807) is 6.26 Å². The fourth-order valence-electron chi connectivity index (χ4n) is 3.88. The number of Topliss-reactive ketones (excluding diaryl/α,β-unsaturated/α-hetero) is 1. The van der Waals surface area contributed by atoms with Crippen molar-refractivity contribution in [1.82, 2.24) is 0 Å². The standard InChI is InChI=1S/C21H24N2O2/c1-12-8-14-15(9-13(12)2)23-20(18-6-5-7-25-18)19-16(22-14)10-21(3,4)11-17(19)24/h5-9,20,22-23H,10-11H2,1-4H3. The zero-order valence-electron chi connectivity index (χ0n) is 15.2. The Morgan fingerprint density at radius 2 is 1.84 bits per heavy atom. The summed E-state index contributed by atoms with van der Waals surface area (Å²) in [4.78, 5) is 13.0. The number of anilines is 2. The number of rotatable bonds is 1. The van der Waals surface area contributed by atoms with E-state index in [0.717, 1.165) is 34.8 Å². The van der Waals surface area contributed by atoms with Crippen LogP contribution in [0.25, 0.3) is 0 Å². The average molecular weight is 336 g/mol. The van der Waals surface area contributed by atoms with E-state index in [1.807, 2.05) is 12.1 Å². The van der Waals surface area contributed by atoms with Crippen LogP contribution in [0.3, 0.4) is 0 Å². The van der Waals surface area contributed by atoms with Crippen LogP contribution in [0, 0.1) is 19.3 Å². The van der Waals surface area contributed by atoms with Crippen molar-refractivity contribution in [3.05, 3.63) is 58.7 Å². The number of carbonyl (C=O) groups is 1. The van der Waals surface area contributed by atoms with Crippen molar-refractivity contribution in [2.75, 3.05) is 10.6 Å². The number of allylic oxidation sites excluding steroid dienone is 1. The van der Waals surface area contributed by atoms with Crippen molar-refractivity contribution in [3.63, 3.8) is 0 Å². The number of benzene rings is 1. The lowest BCUT2D eigenvalue weighted by molar-refractivity contribution is -0.118. The van der Waals surface area contributed by atoms with Crippen molar-refractivity contribution in [2.45, 2.75) is 46.6 Å². The van der Waals surface area contributed by atoms with E-state index in [-0.39, 0.29) is 17.2 Å². The topological polar surface area (TPSA) is 54.3 Å². The van der Waals surface area contributed by atoms with Gasteiger partial charge in [-0.15, -0.1) is 0 Å². The Hall–Kier alpha value is -2.49. The van der Waals surface area contributed by atoms with Crippen LogP contribution in [0.5, 0.6) is 0 Å². The van der Waals surface area contributed by atoms with Crippen molar-refractivity contribution >= 4 is 17.2 Å². The van der Waals surface area contributed by atoms with E-state index in [9.17, 15) is 4.79 Å². The highest BCUT2D eigenvalue weighted by molar-refractivity contribution is 6.01. The molecule has 4 heteroatoms. The average Bonchev–Trinajstić information content (AvgIpc) is 2.98. The van der Waals surface area contributed by atoms with Gasteiger partial charge in [-0.1, -0.05) is 13.8 Å². The second-order valence-corrected chi connectivity index (χ2v) is 8.03. The highest BCUT2D eigenvalue weighted by Crippen LogP contribution is 2.45. The van der Waals surface area contributed by atoms with Crippen LogP contribution in [0.15, 0.2) is 46.2 Å². The van der Waals surface area contributed by atoms with Crippen molar-refractivity contribution in [2.24, 2.45) is 5.41 Å². The molecule has 0 spiro atoms. The Balaban J connectivity index is 1.90. The summed E-state index contributed by atoms with van der Waals surface area (Å²) in [6, 6.07) is 7.83. The van der Waals surface area contributed by atoms with Gasteiger partial charge < -0.3 is 15.1 Å². The van der Waals surface area contributed by atoms with Crippen LogP contribution < -0.4 is 10.6 Å². The molecule has 2 aromatic rings. The lowest BCUT2D eigenvalue weighted by atomic mass is 9.74. The summed E-state index contributed by atoms with van der Waals surface area (Å²) in [5.74, 6) is 0.960. The lowest BCUT2D eigenvalue weighted by Crippen LogP contribution is -2.31. The molecule has 0 bridgehead atoms. The van der Waals surface area contributed by atoms with Gasteiger partial charge in [-0.25, -0.2) is 0 Å². The number of hydrogen-bond donors (Lipinski definition) is 2. The summed E-state index contributed by atoms with van der Waals surface area (Å²) in [5, 5.41) is 7.11. The lowest BCUT2D eigenvalue weighted by Gasteiger charge is -2.33. The minimum Gasteiger partial charge on any atom is -0.467 e. The summed E-state index contributed by atoms with van der Waals surface area (Å²) in [7, 11) is 0. The van der Waals surface area contributed by atoms with E-state index in [2.05, 4.69) is 50.5 Å². The first-order valence-electron chi connectivity index (χ1n) is 8.78. The monoisotopic (exact) mass is 336 g/mol. The van der Waals surface area contributed by atoms with Crippen molar-refractivity contribution < 1.29 is 9.21 Å². The molecule has 4 rings (SSSR count). The highest BCUT2D eigenvalue weighted by Gasteiger charge is 2.39. The summed E-state index contributed by atoms with van der Waals surface area (Å²) in [6.45, 7) is 8.51. The quantitative estimate of drug-likeness (QED) is 0.759. The second-order valence-electron chi connectivity index (χ2n) is 8.03. The summed E-state index contributed by atoms with van der Waals surface area (Å²) >= 11 is 0. The zero-order chi connectivity index (χ0) is 17.8. The Morgan fingerprint density at radius 3 is 2.52 bits per heavy atom. The van der Waals surface area contributed by atoms with E-state index in [1.165, 1.54) is 11.1 Å². The van der Waals surface area contributed by atoms with Crippen LogP contribution in [0.2, 0.25) is 0 Å². The molecule has 0 saturated carbocycles. The van der Waals surface area contributed by atoms with Gasteiger partial charge in [0.1, 0.15) is 11.8 Å². The Kier molecular flexibility index (Phi) is 3.53. The maximum absolute atomic E-state index is 13.0. The first-order chi connectivity index (χ1) is 11.8. The predicted molar refractivity (Wildman–Crippen MR) is 99.7 cm³/mol. The normalized spacial score (nSPS) is 21.8. The molecule has 130 valence electrons. The maximum atomic E-state index is 13.0. The molecular formula is C21H24N2O2. The van der Waals surface area contributed by atoms with Crippen LogP contribution in [-0.2, 0) is 4.79 Å².